The van der Waals surface area contributed by atoms with Crippen LogP contribution in [-0.4, -0.2) is 39.3 Å². The molecule has 0 bridgehead atoms. The summed E-state index contributed by atoms with van der Waals surface area (Å²) in [6, 6.07) is 0. The predicted molar refractivity (Wildman–Crippen MR) is 94.0 cm³/mol. The lowest BCUT2D eigenvalue weighted by atomic mass is 9.46. The summed E-state index contributed by atoms with van der Waals surface area (Å²) < 4.78 is 0. The van der Waals surface area contributed by atoms with Gasteiger partial charge in [0.25, 0.3) is 0 Å². The maximum atomic E-state index is 12.9. The van der Waals surface area contributed by atoms with Crippen molar-refractivity contribution in [3.63, 3.8) is 0 Å². The molecule has 0 aliphatic heterocycles. The number of aliphatic hydroxyl groups excluding tert-OH is 1. The zero-order valence-corrected chi connectivity index (χ0v) is 15.5. The van der Waals surface area contributed by atoms with E-state index in [1.54, 1.807) is 0 Å². The van der Waals surface area contributed by atoms with E-state index >= 15 is 0 Å². The molecule has 0 aromatic heterocycles. The number of hydrogen-bond donors (Lipinski definition) is 2. The van der Waals surface area contributed by atoms with E-state index in [4.69, 9.17) is 0 Å². The summed E-state index contributed by atoms with van der Waals surface area (Å²) in [4.78, 5) is 36.9. The molecule has 1 unspecified atom stereocenters. The number of fused-ring (bicyclic) bond motifs is 5. The van der Waals surface area contributed by atoms with E-state index in [-0.39, 0.29) is 35.1 Å². The second-order valence-electron chi connectivity index (χ2n) is 9.09. The Morgan fingerprint density at radius 1 is 1.15 bits per heavy atom. The molecule has 2 N–H and O–H groups in total. The first kappa shape index (κ1) is 17.8. The van der Waals surface area contributed by atoms with Crippen LogP contribution in [0.15, 0.2) is 23.8 Å². The van der Waals surface area contributed by atoms with Crippen LogP contribution in [0.2, 0.25) is 0 Å². The van der Waals surface area contributed by atoms with Gasteiger partial charge in [-0.15, -0.1) is 0 Å². The van der Waals surface area contributed by atoms with Gasteiger partial charge in [-0.1, -0.05) is 19.9 Å². The molecule has 0 radical (unpaired) electrons. The highest BCUT2D eigenvalue weighted by Crippen LogP contribution is 2.66. The van der Waals surface area contributed by atoms with Gasteiger partial charge in [0.1, 0.15) is 11.7 Å². The van der Waals surface area contributed by atoms with Crippen molar-refractivity contribution in [2.75, 3.05) is 0 Å². The third-order valence-corrected chi connectivity index (χ3v) is 8.20. The molecule has 26 heavy (non-hydrogen) atoms. The summed E-state index contributed by atoms with van der Waals surface area (Å²) in [6.45, 7) is 5.34. The maximum Gasteiger partial charge on any atom is 0.188 e. The molecule has 5 heteroatoms. The molecule has 0 saturated heterocycles. The highest BCUT2D eigenvalue weighted by Gasteiger charge is 2.68. The van der Waals surface area contributed by atoms with Crippen molar-refractivity contribution in [1.82, 2.24) is 0 Å². The third kappa shape index (κ3) is 1.91. The van der Waals surface area contributed by atoms with Crippen molar-refractivity contribution in [2.45, 2.75) is 58.2 Å². The Balaban J connectivity index is 1.81. The summed E-state index contributed by atoms with van der Waals surface area (Å²) in [5.41, 5.74) is -2.19. The van der Waals surface area contributed by atoms with Gasteiger partial charge in [-0.2, -0.15) is 0 Å². The Morgan fingerprint density at radius 2 is 1.81 bits per heavy atom. The zero-order valence-electron chi connectivity index (χ0n) is 15.5. The Kier molecular flexibility index (Phi) is 3.58. The van der Waals surface area contributed by atoms with E-state index < -0.39 is 22.5 Å². The molecule has 0 aromatic carbocycles. The molecule has 3 fully saturated rings. The van der Waals surface area contributed by atoms with E-state index in [1.807, 2.05) is 19.9 Å². The van der Waals surface area contributed by atoms with Gasteiger partial charge in [0, 0.05) is 16.4 Å². The SMILES string of the molecule is CC(=O)[C@@]1(O)CC[C@H]2[C@@H]3C(O)C(=O)C4=CC(=O)C=C[C@]4(C)[C@H]3CC[C@@]21C. The van der Waals surface area contributed by atoms with Crippen LogP contribution < -0.4 is 0 Å². The first-order chi connectivity index (χ1) is 12.1. The monoisotopic (exact) mass is 358 g/mol. The van der Waals surface area contributed by atoms with Crippen LogP contribution in [-0.2, 0) is 14.4 Å². The average molecular weight is 358 g/mol. The van der Waals surface area contributed by atoms with Crippen LogP contribution in [0.25, 0.3) is 0 Å². The molecule has 0 heterocycles. The molecule has 4 rings (SSSR count). The molecule has 7 atom stereocenters. The van der Waals surface area contributed by atoms with Crippen molar-refractivity contribution < 1.29 is 24.6 Å². The molecule has 0 aromatic rings. The molecule has 4 aliphatic carbocycles. The topological polar surface area (TPSA) is 91.7 Å². The lowest BCUT2D eigenvalue weighted by molar-refractivity contribution is -0.169. The Morgan fingerprint density at radius 3 is 2.46 bits per heavy atom. The minimum atomic E-state index is -1.39. The van der Waals surface area contributed by atoms with Crippen molar-refractivity contribution in [3.8, 4) is 0 Å². The highest BCUT2D eigenvalue weighted by atomic mass is 16.3. The van der Waals surface area contributed by atoms with Crippen molar-refractivity contribution in [2.24, 2.45) is 28.6 Å². The lowest BCUT2D eigenvalue weighted by Gasteiger charge is -2.58. The van der Waals surface area contributed by atoms with E-state index in [2.05, 4.69) is 0 Å². The maximum absolute atomic E-state index is 12.9. The summed E-state index contributed by atoms with van der Waals surface area (Å²) in [7, 11) is 0. The van der Waals surface area contributed by atoms with Crippen LogP contribution in [0.5, 0.6) is 0 Å². The fraction of sp³-hybridized carbons (Fsp3) is 0.667. The number of aliphatic hydroxyl groups is 2. The van der Waals surface area contributed by atoms with Gasteiger partial charge in [0.2, 0.25) is 0 Å². The van der Waals surface area contributed by atoms with Gasteiger partial charge in [-0.3, -0.25) is 14.4 Å². The minimum Gasteiger partial charge on any atom is -0.385 e. The molecule has 140 valence electrons. The van der Waals surface area contributed by atoms with Crippen molar-refractivity contribution in [1.29, 1.82) is 0 Å². The quantitative estimate of drug-likeness (QED) is 0.745. The minimum absolute atomic E-state index is 0.0122. The van der Waals surface area contributed by atoms with Gasteiger partial charge in [-0.05, 0) is 62.5 Å². The van der Waals surface area contributed by atoms with Crippen LogP contribution in [0.3, 0.4) is 0 Å². The number of carbonyl (C=O) groups excluding carboxylic acids is 3. The predicted octanol–water partition coefficient (Wildman–Crippen LogP) is 1.76. The number of hydrogen-bond acceptors (Lipinski definition) is 5. The summed E-state index contributed by atoms with van der Waals surface area (Å²) in [6.07, 6.45) is 5.89. The Bertz CT molecular complexity index is 779. The van der Waals surface area contributed by atoms with Crippen LogP contribution in [0.1, 0.15) is 46.5 Å². The number of ketones is 3. The van der Waals surface area contributed by atoms with Gasteiger partial charge >= 0.3 is 0 Å². The first-order valence-corrected chi connectivity index (χ1v) is 9.47. The smallest absolute Gasteiger partial charge is 0.188 e. The number of allylic oxidation sites excluding steroid dienone is 3. The first-order valence-electron chi connectivity index (χ1n) is 9.47. The molecular formula is C21H26O5. The fourth-order valence-corrected chi connectivity index (χ4v) is 6.62. The van der Waals surface area contributed by atoms with Gasteiger partial charge < -0.3 is 10.2 Å². The Hall–Kier alpha value is -1.59. The number of rotatable bonds is 1. The van der Waals surface area contributed by atoms with Crippen LogP contribution in [0, 0.1) is 28.6 Å². The zero-order chi connectivity index (χ0) is 19.1. The van der Waals surface area contributed by atoms with Crippen LogP contribution >= 0.6 is 0 Å². The van der Waals surface area contributed by atoms with E-state index in [9.17, 15) is 24.6 Å². The standard InChI is InChI=1S/C21H26O5/c1-11(22)21(26)9-6-14-16-13(5-8-20(14,21)3)19(2)7-4-12(23)10-15(19)17(24)18(16)25/h4,7,10,13-14,16,18,25-26H,5-6,8-9H2,1-3H3/t13-,14-,16+,18?,19+,20-,21-/m0/s1. The highest BCUT2D eigenvalue weighted by molar-refractivity contribution is 6.11. The van der Waals surface area contributed by atoms with Gasteiger partial charge in [0.15, 0.2) is 17.3 Å². The third-order valence-electron chi connectivity index (χ3n) is 8.20. The number of carbonyl (C=O) groups is 3. The second kappa shape index (κ2) is 5.23. The molecular weight excluding hydrogens is 332 g/mol. The van der Waals surface area contributed by atoms with E-state index in [0.29, 0.717) is 31.3 Å². The summed E-state index contributed by atoms with van der Waals surface area (Å²) in [5.74, 6) is -1.23. The van der Waals surface area contributed by atoms with Crippen molar-refractivity contribution >= 4 is 17.3 Å². The Labute approximate surface area is 153 Å². The fourth-order valence-electron chi connectivity index (χ4n) is 6.62. The van der Waals surface area contributed by atoms with E-state index in [1.165, 1.54) is 19.1 Å². The lowest BCUT2D eigenvalue weighted by Crippen LogP contribution is -2.61. The van der Waals surface area contributed by atoms with Gasteiger partial charge in [-0.25, -0.2) is 0 Å². The summed E-state index contributed by atoms with van der Waals surface area (Å²) >= 11 is 0. The molecule has 5 nitrogen and oxygen atoms in total. The average Bonchev–Trinajstić information content (AvgIpc) is 2.87. The normalized spacial score (nSPS) is 50.0. The largest absolute Gasteiger partial charge is 0.385 e. The van der Waals surface area contributed by atoms with Gasteiger partial charge in [0.05, 0.1) is 0 Å². The summed E-state index contributed by atoms with van der Waals surface area (Å²) in [5, 5.41) is 22.0. The molecule has 4 aliphatic rings. The molecule has 3 saturated carbocycles. The second-order valence-corrected chi connectivity index (χ2v) is 9.09. The van der Waals surface area contributed by atoms with Crippen molar-refractivity contribution in [3.05, 3.63) is 23.8 Å². The molecule has 0 spiro atoms. The molecule has 0 amide bonds. The number of Topliss-reactive ketones (excluding diaryl/α,β-unsaturated/α-hetero) is 2. The van der Waals surface area contributed by atoms with E-state index in [0.717, 1.165) is 0 Å². The van der Waals surface area contributed by atoms with Crippen LogP contribution in [0.4, 0.5) is 0 Å².